The summed E-state index contributed by atoms with van der Waals surface area (Å²) in [7, 11) is 0. The number of hydrogen-bond acceptors (Lipinski definition) is 4. The van der Waals surface area contributed by atoms with Crippen molar-refractivity contribution in [1.82, 2.24) is 24.3 Å². The number of aliphatic hydroxyl groups is 1. The van der Waals surface area contributed by atoms with Crippen LogP contribution in [0.2, 0.25) is 0 Å². The summed E-state index contributed by atoms with van der Waals surface area (Å²) >= 11 is 0. The van der Waals surface area contributed by atoms with E-state index in [1.54, 1.807) is 17.2 Å². The molecule has 0 radical (unpaired) electrons. The van der Waals surface area contributed by atoms with Crippen molar-refractivity contribution in [2.24, 2.45) is 0 Å². The van der Waals surface area contributed by atoms with Crippen molar-refractivity contribution in [2.75, 3.05) is 0 Å². The van der Waals surface area contributed by atoms with Crippen LogP contribution in [0.3, 0.4) is 0 Å². The van der Waals surface area contributed by atoms with Gasteiger partial charge in [-0.05, 0) is 30.7 Å². The van der Waals surface area contributed by atoms with Crippen LogP contribution in [0.5, 0.6) is 0 Å². The number of imidazole rings is 1. The quantitative estimate of drug-likeness (QED) is 0.543. The van der Waals surface area contributed by atoms with Crippen LogP contribution in [-0.2, 0) is 12.1 Å². The molecule has 0 fully saturated rings. The van der Waals surface area contributed by atoms with Gasteiger partial charge in [-0.3, -0.25) is 4.68 Å². The third-order valence-corrected chi connectivity index (χ3v) is 5.09. The molecule has 2 heterocycles. The van der Waals surface area contributed by atoms with E-state index in [4.69, 9.17) is 0 Å². The van der Waals surface area contributed by atoms with Crippen molar-refractivity contribution >= 4 is 0 Å². The van der Waals surface area contributed by atoms with Crippen molar-refractivity contribution in [3.05, 3.63) is 96.6 Å². The number of hydrogen-bond donors (Lipinski definition) is 1. The van der Waals surface area contributed by atoms with Gasteiger partial charge in [0.15, 0.2) is 0 Å². The summed E-state index contributed by atoms with van der Waals surface area (Å²) in [4.78, 5) is 7.97. The van der Waals surface area contributed by atoms with E-state index in [0.717, 1.165) is 23.4 Å². The number of aromatic nitrogens is 5. The van der Waals surface area contributed by atoms with Crippen LogP contribution in [0.15, 0.2) is 73.8 Å². The Bertz CT molecular complexity index is 1080. The summed E-state index contributed by atoms with van der Waals surface area (Å²) < 4.78 is 31.3. The van der Waals surface area contributed by atoms with Crippen molar-refractivity contribution in [3.63, 3.8) is 0 Å². The molecule has 8 heteroatoms. The van der Waals surface area contributed by atoms with E-state index in [2.05, 4.69) is 15.1 Å². The Balaban J connectivity index is 1.75. The third-order valence-electron chi connectivity index (χ3n) is 5.09. The Morgan fingerprint density at radius 3 is 2.48 bits per heavy atom. The minimum Gasteiger partial charge on any atom is -0.385 e. The Kier molecular flexibility index (Phi) is 4.94. The highest BCUT2D eigenvalue weighted by Crippen LogP contribution is 2.39. The van der Waals surface area contributed by atoms with E-state index in [0.29, 0.717) is 0 Å². The third kappa shape index (κ3) is 3.79. The molecule has 0 unspecified atom stereocenters. The zero-order valence-corrected chi connectivity index (χ0v) is 15.7. The van der Waals surface area contributed by atoms with Gasteiger partial charge in [0.2, 0.25) is 0 Å². The Labute approximate surface area is 166 Å². The van der Waals surface area contributed by atoms with Crippen molar-refractivity contribution in [3.8, 4) is 5.69 Å². The Morgan fingerprint density at radius 1 is 1.07 bits per heavy atom. The highest BCUT2D eigenvalue weighted by atomic mass is 19.1. The van der Waals surface area contributed by atoms with E-state index in [1.807, 2.05) is 35.0 Å². The van der Waals surface area contributed by atoms with E-state index in [9.17, 15) is 13.9 Å². The van der Waals surface area contributed by atoms with Crippen LogP contribution < -0.4 is 0 Å². The standard InChI is InChI=1S/C21H19F2N5O/c1-21(29,18-7-4-16(22)10-20(18)23)19(11-28-14-25-12-26-28)15-2-5-17(6-3-15)27-9-8-24-13-27/h2-10,12-14,19,29H,11H2,1H3/t19-,21+/m1/s1. The van der Waals surface area contributed by atoms with Gasteiger partial charge in [0.1, 0.15) is 24.3 Å². The molecular weight excluding hydrogens is 376 g/mol. The molecule has 2 atom stereocenters. The number of halogens is 2. The lowest BCUT2D eigenvalue weighted by molar-refractivity contribution is 0.0156. The van der Waals surface area contributed by atoms with E-state index in [-0.39, 0.29) is 12.1 Å². The van der Waals surface area contributed by atoms with E-state index in [1.165, 1.54) is 25.6 Å². The topological polar surface area (TPSA) is 68.8 Å². The molecule has 0 aliphatic rings. The molecule has 0 saturated heterocycles. The molecule has 29 heavy (non-hydrogen) atoms. The number of benzene rings is 2. The molecule has 4 rings (SSSR count). The molecule has 0 saturated carbocycles. The monoisotopic (exact) mass is 395 g/mol. The van der Waals surface area contributed by atoms with Gasteiger partial charge in [-0.2, -0.15) is 5.10 Å². The van der Waals surface area contributed by atoms with Crippen LogP contribution in [0.4, 0.5) is 8.78 Å². The lowest BCUT2D eigenvalue weighted by Crippen LogP contribution is -2.34. The van der Waals surface area contributed by atoms with E-state index >= 15 is 0 Å². The van der Waals surface area contributed by atoms with Crippen LogP contribution >= 0.6 is 0 Å². The second-order valence-corrected chi connectivity index (χ2v) is 7.00. The molecule has 2 aromatic carbocycles. The van der Waals surface area contributed by atoms with Gasteiger partial charge in [0.25, 0.3) is 0 Å². The average molecular weight is 395 g/mol. The first kappa shape index (κ1) is 18.9. The Morgan fingerprint density at radius 2 is 1.86 bits per heavy atom. The van der Waals surface area contributed by atoms with Gasteiger partial charge < -0.3 is 9.67 Å². The zero-order valence-electron chi connectivity index (χ0n) is 15.7. The summed E-state index contributed by atoms with van der Waals surface area (Å²) in [5, 5.41) is 15.5. The first-order valence-electron chi connectivity index (χ1n) is 9.04. The van der Waals surface area contributed by atoms with Gasteiger partial charge in [-0.1, -0.05) is 18.2 Å². The molecule has 0 spiro atoms. The molecule has 0 bridgehead atoms. The van der Waals surface area contributed by atoms with Crippen molar-refractivity contribution in [1.29, 1.82) is 0 Å². The largest absolute Gasteiger partial charge is 0.385 e. The molecular formula is C21H19F2N5O. The predicted octanol–water partition coefficient (Wildman–Crippen LogP) is 3.43. The summed E-state index contributed by atoms with van der Waals surface area (Å²) in [6, 6.07) is 10.7. The normalized spacial score (nSPS) is 14.5. The summed E-state index contributed by atoms with van der Waals surface area (Å²) in [5.41, 5.74) is 0.0689. The molecule has 2 aromatic heterocycles. The van der Waals surface area contributed by atoms with Gasteiger partial charge in [0, 0.05) is 35.6 Å². The summed E-state index contributed by atoms with van der Waals surface area (Å²) in [6.45, 7) is 1.78. The fourth-order valence-electron chi connectivity index (χ4n) is 3.50. The lowest BCUT2D eigenvalue weighted by atomic mass is 9.78. The number of rotatable bonds is 6. The van der Waals surface area contributed by atoms with Crippen LogP contribution in [0, 0.1) is 11.6 Å². The van der Waals surface area contributed by atoms with Gasteiger partial charge in [0.05, 0.1) is 18.5 Å². The first-order chi connectivity index (χ1) is 13.9. The average Bonchev–Trinajstić information content (AvgIpc) is 3.40. The van der Waals surface area contributed by atoms with Crippen LogP contribution in [0.25, 0.3) is 5.69 Å². The lowest BCUT2D eigenvalue weighted by Gasteiger charge is -2.34. The van der Waals surface area contributed by atoms with Crippen molar-refractivity contribution < 1.29 is 13.9 Å². The fourth-order valence-corrected chi connectivity index (χ4v) is 3.50. The highest BCUT2D eigenvalue weighted by Gasteiger charge is 2.37. The van der Waals surface area contributed by atoms with Crippen molar-refractivity contribution in [2.45, 2.75) is 25.0 Å². The van der Waals surface area contributed by atoms with Gasteiger partial charge in [-0.15, -0.1) is 0 Å². The fraction of sp³-hybridized carbons (Fsp3) is 0.190. The molecule has 4 aromatic rings. The number of nitrogens with zero attached hydrogens (tertiary/aromatic N) is 5. The maximum absolute atomic E-state index is 14.5. The summed E-state index contributed by atoms with van der Waals surface area (Å²) in [5.74, 6) is -2.06. The molecule has 0 amide bonds. The zero-order chi connectivity index (χ0) is 20.4. The second kappa shape index (κ2) is 7.56. The second-order valence-electron chi connectivity index (χ2n) is 7.00. The smallest absolute Gasteiger partial charge is 0.137 e. The SMILES string of the molecule is C[C@](O)(c1ccc(F)cc1F)[C@H](Cn1cncn1)c1ccc(-n2ccnc2)cc1. The van der Waals surface area contributed by atoms with Crippen LogP contribution in [0.1, 0.15) is 24.0 Å². The van der Waals surface area contributed by atoms with Gasteiger partial charge >= 0.3 is 0 Å². The minimum absolute atomic E-state index is 0.0164. The van der Waals surface area contributed by atoms with Crippen LogP contribution in [-0.4, -0.2) is 29.4 Å². The van der Waals surface area contributed by atoms with Gasteiger partial charge in [-0.25, -0.2) is 18.7 Å². The summed E-state index contributed by atoms with van der Waals surface area (Å²) in [6.07, 6.45) is 8.12. The molecule has 0 aliphatic heterocycles. The predicted molar refractivity (Wildman–Crippen MR) is 102 cm³/mol. The molecule has 148 valence electrons. The molecule has 1 N–H and O–H groups in total. The minimum atomic E-state index is -1.62. The molecule has 0 aliphatic carbocycles. The maximum atomic E-state index is 14.5. The Hall–Kier alpha value is -3.39. The molecule has 6 nitrogen and oxygen atoms in total. The van der Waals surface area contributed by atoms with E-state index < -0.39 is 23.2 Å². The highest BCUT2D eigenvalue weighted by molar-refractivity contribution is 5.38. The first-order valence-corrected chi connectivity index (χ1v) is 9.04. The maximum Gasteiger partial charge on any atom is 0.137 e.